The van der Waals surface area contributed by atoms with Gasteiger partial charge in [0.2, 0.25) is 0 Å². The van der Waals surface area contributed by atoms with Crippen molar-refractivity contribution in [3.05, 3.63) is 0 Å². The fourth-order valence-electron chi connectivity index (χ4n) is 3.88. The molecule has 0 aromatic carbocycles. The van der Waals surface area contributed by atoms with Gasteiger partial charge in [-0.25, -0.2) is 0 Å². The topological polar surface area (TPSA) is 26.3 Å². The monoisotopic (exact) mass is 252 g/mol. The first-order valence-electron chi connectivity index (χ1n) is 7.81. The van der Waals surface area contributed by atoms with Gasteiger partial charge in [0, 0.05) is 13.0 Å². The Kier molecular flexibility index (Phi) is 4.83. The van der Waals surface area contributed by atoms with Gasteiger partial charge in [-0.05, 0) is 44.4 Å². The second-order valence-corrected chi connectivity index (χ2v) is 6.25. The summed E-state index contributed by atoms with van der Waals surface area (Å²) in [6, 6.07) is 0. The largest absolute Gasteiger partial charge is 0.370 e. The summed E-state index contributed by atoms with van der Waals surface area (Å²) < 4.78 is 5.70. The van der Waals surface area contributed by atoms with Crippen LogP contribution in [-0.2, 0) is 9.53 Å². The third-order valence-corrected chi connectivity index (χ3v) is 5.30. The second kappa shape index (κ2) is 6.18. The van der Waals surface area contributed by atoms with Gasteiger partial charge in [0.1, 0.15) is 5.60 Å². The van der Waals surface area contributed by atoms with E-state index in [0.717, 1.165) is 44.4 Å². The van der Waals surface area contributed by atoms with Crippen molar-refractivity contribution < 1.29 is 9.53 Å². The molecule has 2 nitrogen and oxygen atoms in total. The number of ether oxygens (including phenoxy) is 1. The van der Waals surface area contributed by atoms with E-state index in [2.05, 4.69) is 6.92 Å². The van der Waals surface area contributed by atoms with Crippen molar-refractivity contribution in [2.45, 2.75) is 76.7 Å². The first-order chi connectivity index (χ1) is 8.72. The van der Waals surface area contributed by atoms with Crippen LogP contribution in [0.2, 0.25) is 0 Å². The van der Waals surface area contributed by atoms with E-state index in [4.69, 9.17) is 4.74 Å². The fourth-order valence-corrected chi connectivity index (χ4v) is 3.88. The average Bonchev–Trinajstić information content (AvgIpc) is 2.47. The molecule has 2 saturated carbocycles. The predicted octanol–water partition coefficient (Wildman–Crippen LogP) is 4.12. The summed E-state index contributed by atoms with van der Waals surface area (Å²) >= 11 is 0. The molecule has 2 rings (SSSR count). The Morgan fingerprint density at radius 3 is 2.22 bits per heavy atom. The zero-order valence-electron chi connectivity index (χ0n) is 12.0. The molecule has 2 aliphatic rings. The molecule has 18 heavy (non-hydrogen) atoms. The minimum atomic E-state index is -0.415. The molecule has 0 heterocycles. The maximum absolute atomic E-state index is 12.8. The summed E-state index contributed by atoms with van der Waals surface area (Å²) in [5.41, 5.74) is -0.415. The molecule has 0 spiro atoms. The van der Waals surface area contributed by atoms with Crippen molar-refractivity contribution in [3.63, 3.8) is 0 Å². The smallest absolute Gasteiger partial charge is 0.167 e. The predicted molar refractivity (Wildman–Crippen MR) is 73.6 cm³/mol. The minimum Gasteiger partial charge on any atom is -0.370 e. The number of hydrogen-bond acceptors (Lipinski definition) is 2. The van der Waals surface area contributed by atoms with Gasteiger partial charge in [-0.2, -0.15) is 0 Å². The van der Waals surface area contributed by atoms with E-state index in [1.165, 1.54) is 25.7 Å². The SMILES string of the molecule is CCC1CCC(C(=O)C2(OC)CCCCC2)CC1. The highest BCUT2D eigenvalue weighted by Gasteiger charge is 2.43. The van der Waals surface area contributed by atoms with Crippen molar-refractivity contribution in [2.24, 2.45) is 11.8 Å². The lowest BCUT2D eigenvalue weighted by Gasteiger charge is -2.39. The highest BCUT2D eigenvalue weighted by molar-refractivity contribution is 5.89. The van der Waals surface area contributed by atoms with Crippen LogP contribution in [0, 0.1) is 11.8 Å². The zero-order valence-corrected chi connectivity index (χ0v) is 12.0. The van der Waals surface area contributed by atoms with Crippen LogP contribution >= 0.6 is 0 Å². The summed E-state index contributed by atoms with van der Waals surface area (Å²) in [6.45, 7) is 2.27. The Balaban J connectivity index is 1.97. The first kappa shape index (κ1) is 14.0. The summed E-state index contributed by atoms with van der Waals surface area (Å²) in [4.78, 5) is 12.8. The van der Waals surface area contributed by atoms with E-state index in [0.29, 0.717) is 5.78 Å². The van der Waals surface area contributed by atoms with E-state index in [9.17, 15) is 4.79 Å². The first-order valence-corrected chi connectivity index (χ1v) is 7.81. The van der Waals surface area contributed by atoms with Gasteiger partial charge in [0.05, 0.1) is 0 Å². The zero-order chi connectivity index (χ0) is 13.0. The van der Waals surface area contributed by atoms with Crippen LogP contribution in [0.4, 0.5) is 0 Å². The Morgan fingerprint density at radius 2 is 1.72 bits per heavy atom. The Morgan fingerprint density at radius 1 is 1.11 bits per heavy atom. The van der Waals surface area contributed by atoms with Gasteiger partial charge in [0.25, 0.3) is 0 Å². The molecule has 2 heteroatoms. The highest BCUT2D eigenvalue weighted by atomic mass is 16.5. The maximum atomic E-state index is 12.8. The summed E-state index contributed by atoms with van der Waals surface area (Å²) in [5, 5.41) is 0. The van der Waals surface area contributed by atoms with Crippen molar-refractivity contribution in [2.75, 3.05) is 7.11 Å². The number of carbonyl (C=O) groups excluding carboxylic acids is 1. The van der Waals surface area contributed by atoms with Gasteiger partial charge in [0.15, 0.2) is 5.78 Å². The molecule has 0 amide bonds. The number of methoxy groups -OCH3 is 1. The number of rotatable bonds is 4. The van der Waals surface area contributed by atoms with E-state index in [1.54, 1.807) is 7.11 Å². The Hall–Kier alpha value is -0.370. The summed E-state index contributed by atoms with van der Waals surface area (Å²) in [6.07, 6.45) is 11.4. The molecule has 0 atom stereocenters. The van der Waals surface area contributed by atoms with E-state index < -0.39 is 5.60 Å². The lowest BCUT2D eigenvalue weighted by atomic mass is 9.71. The Labute approximate surface area is 111 Å². The van der Waals surface area contributed by atoms with Crippen LogP contribution < -0.4 is 0 Å². The molecule has 0 bridgehead atoms. The van der Waals surface area contributed by atoms with Crippen LogP contribution in [0.15, 0.2) is 0 Å². The van der Waals surface area contributed by atoms with E-state index in [1.807, 2.05) is 0 Å². The molecule has 2 aliphatic carbocycles. The van der Waals surface area contributed by atoms with Gasteiger partial charge in [-0.3, -0.25) is 4.79 Å². The van der Waals surface area contributed by atoms with Crippen molar-refractivity contribution in [3.8, 4) is 0 Å². The van der Waals surface area contributed by atoms with Crippen molar-refractivity contribution >= 4 is 5.78 Å². The highest BCUT2D eigenvalue weighted by Crippen LogP contribution is 2.39. The average molecular weight is 252 g/mol. The van der Waals surface area contributed by atoms with E-state index in [-0.39, 0.29) is 5.92 Å². The second-order valence-electron chi connectivity index (χ2n) is 6.25. The van der Waals surface area contributed by atoms with Crippen LogP contribution in [0.25, 0.3) is 0 Å². The maximum Gasteiger partial charge on any atom is 0.167 e. The standard InChI is InChI=1S/C16H28O2/c1-3-13-7-9-14(10-8-13)15(17)16(18-2)11-5-4-6-12-16/h13-14H,3-12H2,1-2H3. The number of Topliss-reactive ketones (excluding diaryl/α,β-unsaturated/α-hetero) is 1. The molecular weight excluding hydrogens is 224 g/mol. The van der Waals surface area contributed by atoms with Crippen LogP contribution in [0.1, 0.15) is 71.1 Å². The molecule has 104 valence electrons. The molecule has 0 aromatic heterocycles. The van der Waals surface area contributed by atoms with Crippen molar-refractivity contribution in [1.82, 2.24) is 0 Å². The number of hydrogen-bond donors (Lipinski definition) is 0. The van der Waals surface area contributed by atoms with Crippen LogP contribution in [0.5, 0.6) is 0 Å². The molecule has 0 radical (unpaired) electrons. The molecule has 0 aromatic rings. The summed E-state index contributed by atoms with van der Waals surface area (Å²) in [7, 11) is 1.74. The molecular formula is C16H28O2. The normalized spacial score (nSPS) is 32.1. The number of carbonyl (C=O) groups is 1. The van der Waals surface area contributed by atoms with Crippen LogP contribution in [-0.4, -0.2) is 18.5 Å². The molecule has 0 aliphatic heterocycles. The van der Waals surface area contributed by atoms with Gasteiger partial charge >= 0.3 is 0 Å². The molecule has 2 fully saturated rings. The molecule has 0 saturated heterocycles. The lowest BCUT2D eigenvalue weighted by Crippen LogP contribution is -2.46. The minimum absolute atomic E-state index is 0.283. The lowest BCUT2D eigenvalue weighted by molar-refractivity contribution is -0.150. The Bertz CT molecular complexity index is 271. The van der Waals surface area contributed by atoms with Gasteiger partial charge in [-0.15, -0.1) is 0 Å². The van der Waals surface area contributed by atoms with Crippen LogP contribution in [0.3, 0.4) is 0 Å². The number of ketones is 1. The van der Waals surface area contributed by atoms with Crippen molar-refractivity contribution in [1.29, 1.82) is 0 Å². The molecule has 0 N–H and O–H groups in total. The molecule has 0 unspecified atom stereocenters. The summed E-state index contributed by atoms with van der Waals surface area (Å²) in [5.74, 6) is 1.57. The van der Waals surface area contributed by atoms with E-state index >= 15 is 0 Å². The quantitative estimate of drug-likeness (QED) is 0.752. The van der Waals surface area contributed by atoms with Gasteiger partial charge in [-0.1, -0.05) is 32.6 Å². The third kappa shape index (κ3) is 2.79. The fraction of sp³-hybridized carbons (Fsp3) is 0.938. The third-order valence-electron chi connectivity index (χ3n) is 5.30. The van der Waals surface area contributed by atoms with Gasteiger partial charge < -0.3 is 4.74 Å².